The predicted molar refractivity (Wildman–Crippen MR) is 84.1 cm³/mol. The lowest BCUT2D eigenvalue weighted by molar-refractivity contribution is 0.424. The second-order valence-electron chi connectivity index (χ2n) is 5.76. The van der Waals surface area contributed by atoms with E-state index in [-0.39, 0.29) is 0 Å². The highest BCUT2D eigenvalue weighted by molar-refractivity contribution is 5.61. The number of para-hydroxylation sites is 2. The molecule has 0 atom stereocenters. The van der Waals surface area contributed by atoms with E-state index in [0.29, 0.717) is 23.8 Å². The van der Waals surface area contributed by atoms with Crippen LogP contribution in [0.3, 0.4) is 0 Å². The number of nitrogens with zero attached hydrogens (tertiary/aromatic N) is 7. The lowest BCUT2D eigenvalue weighted by atomic mass is 10.1. The van der Waals surface area contributed by atoms with E-state index in [9.17, 15) is 0 Å². The largest absolute Gasteiger partial charge is 0.332 e. The van der Waals surface area contributed by atoms with Gasteiger partial charge in [0.2, 0.25) is 0 Å². The zero-order valence-electron chi connectivity index (χ0n) is 13.1. The molecule has 0 aliphatic carbocycles. The van der Waals surface area contributed by atoms with Gasteiger partial charge in [0, 0.05) is 6.42 Å². The number of benzene rings is 1. The van der Waals surface area contributed by atoms with Crippen molar-refractivity contribution >= 4 is 0 Å². The van der Waals surface area contributed by atoms with Gasteiger partial charge in [-0.1, -0.05) is 22.5 Å². The molecule has 0 bridgehead atoms. The van der Waals surface area contributed by atoms with Crippen molar-refractivity contribution in [3.63, 3.8) is 0 Å². The van der Waals surface area contributed by atoms with E-state index in [0.717, 1.165) is 28.5 Å². The van der Waals surface area contributed by atoms with Crippen molar-refractivity contribution in [3.05, 3.63) is 53.5 Å². The molecule has 4 heterocycles. The molecule has 1 aromatic carbocycles. The minimum absolute atomic E-state index is 0.428. The highest BCUT2D eigenvalue weighted by Crippen LogP contribution is 2.32. The van der Waals surface area contributed by atoms with Gasteiger partial charge >= 0.3 is 0 Å². The Morgan fingerprint density at radius 1 is 1.08 bits per heavy atom. The highest BCUT2D eigenvalue weighted by atomic mass is 16.5. The van der Waals surface area contributed by atoms with Gasteiger partial charge < -0.3 is 4.52 Å². The first-order valence-electron chi connectivity index (χ1n) is 7.60. The molecule has 118 valence electrons. The maximum Gasteiger partial charge on any atom is 0.278 e. The van der Waals surface area contributed by atoms with Gasteiger partial charge in [-0.3, -0.25) is 4.57 Å². The fourth-order valence-electron chi connectivity index (χ4n) is 3.10. The van der Waals surface area contributed by atoms with Gasteiger partial charge in [0.15, 0.2) is 11.5 Å². The molecular formula is C16H13N7O. The van der Waals surface area contributed by atoms with Gasteiger partial charge in [-0.25, -0.2) is 9.67 Å². The van der Waals surface area contributed by atoms with Crippen LogP contribution in [0.15, 0.2) is 35.1 Å². The van der Waals surface area contributed by atoms with Crippen LogP contribution in [0.2, 0.25) is 0 Å². The highest BCUT2D eigenvalue weighted by Gasteiger charge is 2.26. The molecule has 0 saturated heterocycles. The molecule has 1 aliphatic rings. The average Bonchev–Trinajstić information content (AvgIpc) is 3.26. The number of fused-ring (bicyclic) bond motifs is 5. The minimum Gasteiger partial charge on any atom is -0.332 e. The van der Waals surface area contributed by atoms with Crippen LogP contribution in [0, 0.1) is 13.8 Å². The number of rotatable bonds is 1. The van der Waals surface area contributed by atoms with Crippen molar-refractivity contribution in [3.8, 4) is 23.0 Å². The predicted octanol–water partition coefficient (Wildman–Crippen LogP) is 2.02. The van der Waals surface area contributed by atoms with Crippen LogP contribution < -0.4 is 0 Å². The molecule has 24 heavy (non-hydrogen) atoms. The summed E-state index contributed by atoms with van der Waals surface area (Å²) >= 11 is 0. The number of hydrogen-bond acceptors (Lipinski definition) is 6. The summed E-state index contributed by atoms with van der Waals surface area (Å²) in [6, 6.07) is 8.05. The first-order valence-corrected chi connectivity index (χ1v) is 7.60. The lowest BCUT2D eigenvalue weighted by Gasteiger charge is -2.08. The smallest absolute Gasteiger partial charge is 0.278 e. The first-order chi connectivity index (χ1) is 11.7. The molecule has 0 N–H and O–H groups in total. The molecule has 4 aromatic rings. The third-order valence-electron chi connectivity index (χ3n) is 4.26. The first kappa shape index (κ1) is 13.2. The Labute approximate surface area is 136 Å². The van der Waals surface area contributed by atoms with E-state index in [1.807, 2.05) is 35.9 Å². The van der Waals surface area contributed by atoms with Crippen LogP contribution in [-0.4, -0.2) is 34.7 Å². The number of hydrogen-bond donors (Lipinski definition) is 0. The SMILES string of the molecule is Cc1noc(-c2ncn3c2Cc2c(C)nnn2-c2ccccc2-3)n1. The molecule has 0 radical (unpaired) electrons. The molecule has 5 rings (SSSR count). The van der Waals surface area contributed by atoms with Crippen LogP contribution in [0.4, 0.5) is 0 Å². The molecule has 0 unspecified atom stereocenters. The molecule has 3 aromatic heterocycles. The van der Waals surface area contributed by atoms with E-state index in [2.05, 4.69) is 30.0 Å². The number of aryl methyl sites for hydroxylation is 2. The number of aromatic nitrogens is 7. The summed E-state index contributed by atoms with van der Waals surface area (Å²) < 4.78 is 9.27. The van der Waals surface area contributed by atoms with Crippen molar-refractivity contribution in [1.29, 1.82) is 0 Å². The van der Waals surface area contributed by atoms with Crippen LogP contribution in [0.1, 0.15) is 22.9 Å². The third kappa shape index (κ3) is 1.70. The van der Waals surface area contributed by atoms with Gasteiger partial charge in [0.05, 0.1) is 28.5 Å². The summed E-state index contributed by atoms with van der Waals surface area (Å²) in [5.41, 5.74) is 5.56. The zero-order valence-corrected chi connectivity index (χ0v) is 13.1. The van der Waals surface area contributed by atoms with E-state index < -0.39 is 0 Å². The summed E-state index contributed by atoms with van der Waals surface area (Å²) in [7, 11) is 0. The molecule has 0 fully saturated rings. The molecule has 0 saturated carbocycles. The topological polar surface area (TPSA) is 87.5 Å². The van der Waals surface area contributed by atoms with Crippen LogP contribution in [0.5, 0.6) is 0 Å². The van der Waals surface area contributed by atoms with Gasteiger partial charge in [0.25, 0.3) is 5.89 Å². The molecule has 8 heteroatoms. The third-order valence-corrected chi connectivity index (χ3v) is 4.26. The van der Waals surface area contributed by atoms with Crippen LogP contribution >= 0.6 is 0 Å². The summed E-state index contributed by atoms with van der Waals surface area (Å²) in [4.78, 5) is 8.85. The average molecular weight is 319 g/mol. The maximum atomic E-state index is 5.33. The Morgan fingerprint density at radius 2 is 1.92 bits per heavy atom. The van der Waals surface area contributed by atoms with E-state index >= 15 is 0 Å². The van der Waals surface area contributed by atoms with Gasteiger partial charge in [0.1, 0.15) is 6.33 Å². The lowest BCUT2D eigenvalue weighted by Crippen LogP contribution is -2.02. The quantitative estimate of drug-likeness (QED) is 0.470. The number of imidazole rings is 1. The summed E-state index contributed by atoms with van der Waals surface area (Å²) in [5, 5.41) is 12.4. The van der Waals surface area contributed by atoms with Crippen LogP contribution in [-0.2, 0) is 6.42 Å². The van der Waals surface area contributed by atoms with E-state index in [1.165, 1.54) is 0 Å². The van der Waals surface area contributed by atoms with E-state index in [1.54, 1.807) is 13.3 Å². The van der Waals surface area contributed by atoms with Gasteiger partial charge in [-0.2, -0.15) is 4.98 Å². The van der Waals surface area contributed by atoms with Crippen molar-refractivity contribution in [2.24, 2.45) is 0 Å². The van der Waals surface area contributed by atoms with E-state index in [4.69, 9.17) is 4.52 Å². The molecule has 1 aliphatic heterocycles. The van der Waals surface area contributed by atoms with Crippen molar-refractivity contribution in [1.82, 2.24) is 34.7 Å². The standard InChI is InChI=1S/C16H13N7O/c1-9-13-7-14-15(16-18-10(2)20-24-16)17-8-22(14)11-5-3-4-6-12(11)23(13)21-19-9/h3-6,8H,7H2,1-2H3. The normalized spacial score (nSPS) is 12.4. The van der Waals surface area contributed by atoms with Crippen molar-refractivity contribution < 1.29 is 4.52 Å². The fourth-order valence-corrected chi connectivity index (χ4v) is 3.10. The molecule has 8 nitrogen and oxygen atoms in total. The summed E-state index contributed by atoms with van der Waals surface area (Å²) in [5.74, 6) is 1.01. The monoisotopic (exact) mass is 319 g/mol. The Balaban J connectivity index is 1.83. The molecular weight excluding hydrogens is 306 g/mol. The fraction of sp³-hybridized carbons (Fsp3) is 0.188. The Bertz CT molecular complexity index is 1070. The molecule has 0 spiro atoms. The van der Waals surface area contributed by atoms with Crippen LogP contribution in [0.25, 0.3) is 23.0 Å². The Hall–Kier alpha value is -3.29. The Kier molecular flexibility index (Phi) is 2.53. The van der Waals surface area contributed by atoms with Crippen molar-refractivity contribution in [2.75, 3.05) is 0 Å². The zero-order chi connectivity index (χ0) is 16.3. The minimum atomic E-state index is 0.428. The summed E-state index contributed by atoms with van der Waals surface area (Å²) in [6.45, 7) is 3.75. The second-order valence-corrected chi connectivity index (χ2v) is 5.76. The Morgan fingerprint density at radius 3 is 2.71 bits per heavy atom. The summed E-state index contributed by atoms with van der Waals surface area (Å²) in [6.07, 6.45) is 2.42. The second kappa shape index (κ2) is 4.60. The maximum absolute atomic E-state index is 5.33. The van der Waals surface area contributed by atoms with Gasteiger partial charge in [-0.05, 0) is 26.0 Å². The van der Waals surface area contributed by atoms with Crippen molar-refractivity contribution in [2.45, 2.75) is 20.3 Å². The molecule has 0 amide bonds. The van der Waals surface area contributed by atoms with Gasteiger partial charge in [-0.15, -0.1) is 5.10 Å².